The smallest absolute Gasteiger partial charge is 0.236 e. The normalized spacial score (nSPS) is 16.5. The van der Waals surface area contributed by atoms with Gasteiger partial charge >= 0.3 is 0 Å². The fourth-order valence-corrected chi connectivity index (χ4v) is 1.97. The minimum Gasteiger partial charge on any atom is -0.353 e. The largest absolute Gasteiger partial charge is 0.353 e. The molecule has 7 heteroatoms. The molecule has 0 aromatic heterocycles. The fourth-order valence-electron chi connectivity index (χ4n) is 1.97. The summed E-state index contributed by atoms with van der Waals surface area (Å²) >= 11 is 0. The number of hydrogen-bond acceptors (Lipinski definition) is 4. The first-order chi connectivity index (χ1) is 9.02. The van der Waals surface area contributed by atoms with E-state index in [2.05, 4.69) is 10.6 Å². The monoisotopic (exact) mass is 306 g/mol. The Morgan fingerprint density at radius 1 is 1.30 bits per heavy atom. The molecule has 1 fully saturated rings. The van der Waals surface area contributed by atoms with Crippen molar-refractivity contribution in [2.45, 2.75) is 26.3 Å². The molecule has 1 rings (SSSR count). The fraction of sp³-hybridized carbons (Fsp3) is 0.846. The number of nitrogens with zero attached hydrogens (tertiary/aromatic N) is 2. The van der Waals surface area contributed by atoms with Gasteiger partial charge in [0, 0.05) is 32.2 Å². The van der Waals surface area contributed by atoms with E-state index < -0.39 is 0 Å². The Morgan fingerprint density at radius 3 is 2.45 bits per heavy atom. The molecule has 2 amide bonds. The topological polar surface area (TPSA) is 64.7 Å². The molecule has 1 aliphatic heterocycles. The Labute approximate surface area is 127 Å². The number of likely N-dealkylation sites (N-methyl/N-ethyl adjacent to an activating group) is 1. The number of rotatable bonds is 6. The average molecular weight is 307 g/mol. The number of amides is 2. The Morgan fingerprint density at radius 2 is 1.90 bits per heavy atom. The molecular formula is C13H27ClN4O2. The zero-order valence-corrected chi connectivity index (χ0v) is 13.5. The van der Waals surface area contributed by atoms with Crippen LogP contribution in [0.15, 0.2) is 0 Å². The minimum absolute atomic E-state index is 0. The van der Waals surface area contributed by atoms with Gasteiger partial charge in [-0.2, -0.15) is 0 Å². The molecule has 0 radical (unpaired) electrons. The van der Waals surface area contributed by atoms with Crippen molar-refractivity contribution in [3.8, 4) is 0 Å². The Bertz CT molecular complexity index is 309. The van der Waals surface area contributed by atoms with Gasteiger partial charge in [0.05, 0.1) is 13.1 Å². The molecule has 0 aromatic carbocycles. The van der Waals surface area contributed by atoms with E-state index >= 15 is 0 Å². The second-order valence-corrected chi connectivity index (χ2v) is 5.18. The number of carbonyl (C=O) groups excluding carboxylic acids is 2. The number of halogens is 1. The summed E-state index contributed by atoms with van der Waals surface area (Å²) in [5.74, 6) is 0.0744. The lowest BCUT2D eigenvalue weighted by molar-refractivity contribution is -0.133. The molecule has 0 spiro atoms. The van der Waals surface area contributed by atoms with Crippen LogP contribution in [-0.4, -0.2) is 74.0 Å². The average Bonchev–Trinajstić information content (AvgIpc) is 2.39. The van der Waals surface area contributed by atoms with E-state index in [0.29, 0.717) is 6.54 Å². The van der Waals surface area contributed by atoms with Crippen molar-refractivity contribution in [3.05, 3.63) is 0 Å². The molecule has 1 atom stereocenters. The maximum atomic E-state index is 12.0. The van der Waals surface area contributed by atoms with Crippen molar-refractivity contribution < 1.29 is 9.59 Å². The molecule has 20 heavy (non-hydrogen) atoms. The predicted octanol–water partition coefficient (Wildman–Crippen LogP) is -0.313. The van der Waals surface area contributed by atoms with Crippen molar-refractivity contribution in [1.29, 1.82) is 0 Å². The Balaban J connectivity index is 0.00000361. The van der Waals surface area contributed by atoms with Crippen molar-refractivity contribution >= 4 is 24.2 Å². The molecular weight excluding hydrogens is 280 g/mol. The van der Waals surface area contributed by atoms with E-state index in [-0.39, 0.29) is 36.8 Å². The van der Waals surface area contributed by atoms with Crippen molar-refractivity contribution in [2.75, 3.05) is 46.3 Å². The highest BCUT2D eigenvalue weighted by Crippen LogP contribution is 1.96. The lowest BCUT2D eigenvalue weighted by Crippen LogP contribution is -2.50. The summed E-state index contributed by atoms with van der Waals surface area (Å²) < 4.78 is 0. The summed E-state index contributed by atoms with van der Waals surface area (Å²) in [5, 5.41) is 6.11. The summed E-state index contributed by atoms with van der Waals surface area (Å²) in [7, 11) is 1.80. The van der Waals surface area contributed by atoms with Gasteiger partial charge in [-0.25, -0.2) is 0 Å². The molecule has 6 nitrogen and oxygen atoms in total. The van der Waals surface area contributed by atoms with Crippen molar-refractivity contribution in [2.24, 2.45) is 0 Å². The zero-order chi connectivity index (χ0) is 14.3. The lowest BCUT2D eigenvalue weighted by atomic mass is 10.2. The second-order valence-electron chi connectivity index (χ2n) is 5.18. The van der Waals surface area contributed by atoms with Crippen LogP contribution in [0.3, 0.4) is 0 Å². The van der Waals surface area contributed by atoms with Crippen LogP contribution in [0.5, 0.6) is 0 Å². The van der Waals surface area contributed by atoms with Crippen LogP contribution in [0, 0.1) is 0 Å². The summed E-state index contributed by atoms with van der Waals surface area (Å²) in [6.45, 7) is 7.79. The number of nitrogens with one attached hydrogen (secondary N) is 2. The maximum absolute atomic E-state index is 12.0. The van der Waals surface area contributed by atoms with Crippen molar-refractivity contribution in [1.82, 2.24) is 20.4 Å². The third kappa shape index (κ3) is 7.07. The van der Waals surface area contributed by atoms with Crippen molar-refractivity contribution in [3.63, 3.8) is 0 Å². The molecule has 1 heterocycles. The molecule has 118 valence electrons. The Hall–Kier alpha value is -0.850. The third-order valence-corrected chi connectivity index (χ3v) is 3.31. The lowest BCUT2D eigenvalue weighted by Gasteiger charge is -2.29. The molecule has 0 saturated carbocycles. The van der Waals surface area contributed by atoms with Gasteiger partial charge in [0.15, 0.2) is 0 Å². The van der Waals surface area contributed by atoms with Crippen LogP contribution in [0.4, 0.5) is 0 Å². The second kappa shape index (κ2) is 9.96. The van der Waals surface area contributed by atoms with E-state index in [9.17, 15) is 9.59 Å². The van der Waals surface area contributed by atoms with Crippen LogP contribution in [0.2, 0.25) is 0 Å². The van der Waals surface area contributed by atoms with Gasteiger partial charge < -0.3 is 15.5 Å². The van der Waals surface area contributed by atoms with Crippen LogP contribution in [0.25, 0.3) is 0 Å². The number of hydrogen-bond donors (Lipinski definition) is 2. The molecule has 0 aliphatic carbocycles. The summed E-state index contributed by atoms with van der Waals surface area (Å²) in [6.07, 6.45) is 0.912. The first-order valence-electron chi connectivity index (χ1n) is 6.99. The van der Waals surface area contributed by atoms with Gasteiger partial charge in [-0.1, -0.05) is 6.92 Å². The first kappa shape index (κ1) is 19.1. The van der Waals surface area contributed by atoms with Gasteiger partial charge in [-0.3, -0.25) is 14.5 Å². The van der Waals surface area contributed by atoms with E-state index in [1.807, 2.05) is 18.7 Å². The van der Waals surface area contributed by atoms with E-state index in [4.69, 9.17) is 0 Å². The summed E-state index contributed by atoms with van der Waals surface area (Å²) in [4.78, 5) is 27.3. The third-order valence-electron chi connectivity index (χ3n) is 3.31. The van der Waals surface area contributed by atoms with Gasteiger partial charge in [0.25, 0.3) is 0 Å². The number of carbonyl (C=O) groups is 2. The SMILES string of the molecule is CCC(C)NC(=O)CN(C)CC(=O)N1CCNCC1.Cl. The van der Waals surface area contributed by atoms with Crippen LogP contribution in [0.1, 0.15) is 20.3 Å². The Kier molecular flexibility index (Phi) is 9.54. The number of piperazine rings is 1. The van der Waals surface area contributed by atoms with E-state index in [1.54, 1.807) is 11.9 Å². The standard InChI is InChI=1S/C13H26N4O2.ClH/c1-4-11(2)15-12(18)9-16(3)10-13(19)17-7-5-14-6-8-17;/h11,14H,4-10H2,1-3H3,(H,15,18);1H. The van der Waals surface area contributed by atoms with Gasteiger partial charge in [0.2, 0.25) is 11.8 Å². The molecule has 1 unspecified atom stereocenters. The minimum atomic E-state index is -0.0232. The molecule has 2 N–H and O–H groups in total. The molecule has 0 aromatic rings. The quantitative estimate of drug-likeness (QED) is 0.706. The predicted molar refractivity (Wildman–Crippen MR) is 82.1 cm³/mol. The maximum Gasteiger partial charge on any atom is 0.236 e. The highest BCUT2D eigenvalue weighted by atomic mass is 35.5. The van der Waals surface area contributed by atoms with E-state index in [0.717, 1.165) is 32.6 Å². The first-order valence-corrected chi connectivity index (χ1v) is 6.99. The summed E-state index contributed by atoms with van der Waals surface area (Å²) in [5.41, 5.74) is 0. The zero-order valence-electron chi connectivity index (χ0n) is 12.6. The van der Waals surface area contributed by atoms with E-state index in [1.165, 1.54) is 0 Å². The van der Waals surface area contributed by atoms with Gasteiger partial charge in [0.1, 0.15) is 0 Å². The van der Waals surface area contributed by atoms with Gasteiger partial charge in [-0.05, 0) is 20.4 Å². The molecule has 1 aliphatic rings. The molecule has 0 bridgehead atoms. The molecule has 1 saturated heterocycles. The highest BCUT2D eigenvalue weighted by Gasteiger charge is 2.18. The van der Waals surface area contributed by atoms with Crippen LogP contribution >= 0.6 is 12.4 Å². The highest BCUT2D eigenvalue weighted by molar-refractivity contribution is 5.85. The van der Waals surface area contributed by atoms with Crippen LogP contribution in [-0.2, 0) is 9.59 Å². The summed E-state index contributed by atoms with van der Waals surface area (Å²) in [6, 6.07) is 0.185. The van der Waals surface area contributed by atoms with Crippen LogP contribution < -0.4 is 10.6 Å². The van der Waals surface area contributed by atoms with Gasteiger partial charge in [-0.15, -0.1) is 12.4 Å².